The van der Waals surface area contributed by atoms with Crippen LogP contribution in [-0.4, -0.2) is 89.9 Å². The number of carbonyl (C=O) groups is 2. The van der Waals surface area contributed by atoms with Crippen LogP contribution in [0, 0.1) is 5.92 Å². The molecule has 0 aliphatic carbocycles. The molecule has 3 saturated heterocycles. The smallest absolute Gasteiger partial charge is 0.236 e. The Morgan fingerprint density at radius 1 is 0.931 bits per heavy atom. The van der Waals surface area contributed by atoms with Crippen molar-refractivity contribution in [1.29, 1.82) is 0 Å². The van der Waals surface area contributed by atoms with Gasteiger partial charge in [-0.3, -0.25) is 19.5 Å². The van der Waals surface area contributed by atoms with Gasteiger partial charge in [0.1, 0.15) is 0 Å². The molecule has 0 N–H and O–H groups in total. The molecule has 158 valence electrons. The minimum absolute atomic E-state index is 0.112. The van der Waals surface area contributed by atoms with Crippen LogP contribution in [0.4, 0.5) is 5.69 Å². The van der Waals surface area contributed by atoms with Gasteiger partial charge in [-0.1, -0.05) is 0 Å². The molecule has 7 heteroatoms. The zero-order valence-corrected chi connectivity index (χ0v) is 17.5. The zero-order valence-electron chi connectivity index (χ0n) is 17.5. The second kappa shape index (κ2) is 9.11. The number of hydrogen-bond donors (Lipinski definition) is 0. The Morgan fingerprint density at radius 3 is 2.21 bits per heavy atom. The number of amides is 2. The Morgan fingerprint density at radius 2 is 1.59 bits per heavy atom. The van der Waals surface area contributed by atoms with E-state index in [9.17, 15) is 9.59 Å². The molecule has 3 aliphatic heterocycles. The van der Waals surface area contributed by atoms with E-state index >= 15 is 0 Å². The molecule has 29 heavy (non-hydrogen) atoms. The van der Waals surface area contributed by atoms with Gasteiger partial charge in [0, 0.05) is 69.3 Å². The second-order valence-electron chi connectivity index (χ2n) is 8.63. The van der Waals surface area contributed by atoms with Crippen molar-refractivity contribution in [2.75, 3.05) is 57.3 Å². The van der Waals surface area contributed by atoms with Crippen molar-refractivity contribution in [3.63, 3.8) is 0 Å². The fraction of sp³-hybridized carbons (Fsp3) is 0.682. The van der Waals surface area contributed by atoms with Crippen LogP contribution < -0.4 is 4.90 Å². The lowest BCUT2D eigenvalue weighted by atomic mass is 9.94. The average molecular weight is 400 g/mol. The Bertz CT molecular complexity index is 696. The summed E-state index contributed by atoms with van der Waals surface area (Å²) in [5, 5.41) is 0. The predicted octanol–water partition coefficient (Wildman–Crippen LogP) is 1.45. The summed E-state index contributed by atoms with van der Waals surface area (Å²) >= 11 is 0. The quantitative estimate of drug-likeness (QED) is 0.767. The summed E-state index contributed by atoms with van der Waals surface area (Å²) in [6.45, 7) is 8.27. The number of carbonyl (C=O) groups excluding carboxylic acids is 2. The molecule has 4 heterocycles. The first-order chi connectivity index (χ1) is 14.1. The van der Waals surface area contributed by atoms with Crippen molar-refractivity contribution >= 4 is 17.5 Å². The van der Waals surface area contributed by atoms with Crippen molar-refractivity contribution < 1.29 is 9.59 Å². The van der Waals surface area contributed by atoms with Gasteiger partial charge in [-0.2, -0.15) is 0 Å². The van der Waals surface area contributed by atoms with Crippen molar-refractivity contribution in [3.8, 4) is 0 Å². The summed E-state index contributed by atoms with van der Waals surface area (Å²) in [6, 6.07) is 4.57. The summed E-state index contributed by atoms with van der Waals surface area (Å²) in [5.41, 5.74) is 1.19. The first kappa shape index (κ1) is 20.1. The molecule has 0 aromatic carbocycles. The molecule has 0 saturated carbocycles. The first-order valence-electron chi connectivity index (χ1n) is 11.1. The van der Waals surface area contributed by atoms with Gasteiger partial charge in [-0.25, -0.2) is 0 Å². The Balaban J connectivity index is 1.22. The van der Waals surface area contributed by atoms with E-state index in [4.69, 9.17) is 0 Å². The largest absolute Gasteiger partial charge is 0.371 e. The SMILES string of the molecule is CC1CCCN1CC(=O)N1CCN(C(=O)C2CCN(c3ccncc3)CC2)CC1. The molecule has 1 aromatic heterocycles. The lowest BCUT2D eigenvalue weighted by Crippen LogP contribution is -2.54. The molecule has 0 bridgehead atoms. The van der Waals surface area contributed by atoms with Crippen LogP contribution in [0.5, 0.6) is 0 Å². The number of nitrogens with zero attached hydrogens (tertiary/aromatic N) is 5. The highest BCUT2D eigenvalue weighted by Gasteiger charge is 2.32. The van der Waals surface area contributed by atoms with Gasteiger partial charge in [0.2, 0.25) is 11.8 Å². The number of rotatable bonds is 4. The van der Waals surface area contributed by atoms with Crippen LogP contribution in [0.15, 0.2) is 24.5 Å². The van der Waals surface area contributed by atoms with Gasteiger partial charge in [-0.05, 0) is 51.3 Å². The lowest BCUT2D eigenvalue weighted by molar-refractivity contribution is -0.143. The second-order valence-corrected chi connectivity index (χ2v) is 8.63. The highest BCUT2D eigenvalue weighted by molar-refractivity contribution is 5.81. The van der Waals surface area contributed by atoms with E-state index in [2.05, 4.69) is 21.7 Å². The third-order valence-corrected chi connectivity index (χ3v) is 6.85. The van der Waals surface area contributed by atoms with E-state index in [1.165, 1.54) is 18.5 Å². The van der Waals surface area contributed by atoms with E-state index < -0.39 is 0 Å². The number of anilines is 1. The maximum absolute atomic E-state index is 13.0. The number of likely N-dealkylation sites (tertiary alicyclic amines) is 1. The molecule has 1 atom stereocenters. The monoisotopic (exact) mass is 399 g/mol. The van der Waals surface area contributed by atoms with Gasteiger partial charge in [0.25, 0.3) is 0 Å². The van der Waals surface area contributed by atoms with Crippen molar-refractivity contribution in [2.45, 2.75) is 38.6 Å². The number of piperidine rings is 1. The number of hydrogen-bond acceptors (Lipinski definition) is 5. The van der Waals surface area contributed by atoms with Crippen LogP contribution in [-0.2, 0) is 9.59 Å². The normalized spacial score (nSPS) is 24.2. The zero-order chi connectivity index (χ0) is 20.2. The summed E-state index contributed by atoms with van der Waals surface area (Å²) in [7, 11) is 0. The Hall–Kier alpha value is -2.15. The molecular formula is C22H33N5O2. The van der Waals surface area contributed by atoms with Crippen LogP contribution in [0.25, 0.3) is 0 Å². The third-order valence-electron chi connectivity index (χ3n) is 6.85. The van der Waals surface area contributed by atoms with E-state index in [0.29, 0.717) is 38.8 Å². The Kier molecular flexibility index (Phi) is 6.33. The highest BCUT2D eigenvalue weighted by atomic mass is 16.2. The summed E-state index contributed by atoms with van der Waals surface area (Å²) < 4.78 is 0. The molecule has 2 amide bonds. The molecule has 7 nitrogen and oxygen atoms in total. The summed E-state index contributed by atoms with van der Waals surface area (Å²) in [6.07, 6.45) is 7.81. The first-order valence-corrected chi connectivity index (χ1v) is 11.1. The van der Waals surface area contributed by atoms with Gasteiger partial charge >= 0.3 is 0 Å². The van der Waals surface area contributed by atoms with Crippen molar-refractivity contribution in [1.82, 2.24) is 19.7 Å². The minimum atomic E-state index is 0.112. The van der Waals surface area contributed by atoms with Gasteiger partial charge < -0.3 is 14.7 Å². The van der Waals surface area contributed by atoms with E-state index in [-0.39, 0.29) is 17.7 Å². The van der Waals surface area contributed by atoms with Gasteiger partial charge in [0.15, 0.2) is 0 Å². The van der Waals surface area contributed by atoms with Gasteiger partial charge in [-0.15, -0.1) is 0 Å². The van der Waals surface area contributed by atoms with E-state index in [1.807, 2.05) is 34.3 Å². The maximum Gasteiger partial charge on any atom is 0.236 e. The molecule has 0 spiro atoms. The fourth-order valence-electron chi connectivity index (χ4n) is 4.88. The minimum Gasteiger partial charge on any atom is -0.371 e. The third kappa shape index (κ3) is 4.71. The molecule has 3 fully saturated rings. The van der Waals surface area contributed by atoms with Crippen molar-refractivity contribution in [2.24, 2.45) is 5.92 Å². The highest BCUT2D eigenvalue weighted by Crippen LogP contribution is 2.24. The standard InChI is InChI=1S/C22H33N5O2/c1-18-3-2-10-27(18)17-21(28)25-13-15-26(16-14-25)22(29)19-6-11-24(12-7-19)20-4-8-23-9-5-20/h4-5,8-9,18-19H,2-3,6-7,10-17H2,1H3. The summed E-state index contributed by atoms with van der Waals surface area (Å²) in [5.74, 6) is 0.608. The molecule has 4 rings (SSSR count). The van der Waals surface area contributed by atoms with E-state index in [0.717, 1.165) is 32.5 Å². The molecule has 3 aliphatic rings. The van der Waals surface area contributed by atoms with Crippen molar-refractivity contribution in [3.05, 3.63) is 24.5 Å². The lowest BCUT2D eigenvalue weighted by Gasteiger charge is -2.39. The van der Waals surface area contributed by atoms with Gasteiger partial charge in [0.05, 0.1) is 6.54 Å². The number of pyridine rings is 1. The fourth-order valence-corrected chi connectivity index (χ4v) is 4.88. The van der Waals surface area contributed by atoms with Crippen LogP contribution in [0.1, 0.15) is 32.6 Å². The van der Waals surface area contributed by atoms with Crippen LogP contribution >= 0.6 is 0 Å². The predicted molar refractivity (Wildman–Crippen MR) is 113 cm³/mol. The molecule has 0 radical (unpaired) electrons. The van der Waals surface area contributed by atoms with E-state index in [1.54, 1.807) is 0 Å². The molecular weight excluding hydrogens is 366 g/mol. The summed E-state index contributed by atoms with van der Waals surface area (Å²) in [4.78, 5) is 38.2. The molecule has 1 unspecified atom stereocenters. The molecule has 1 aromatic rings. The maximum atomic E-state index is 13.0. The van der Waals surface area contributed by atoms with Crippen LogP contribution in [0.2, 0.25) is 0 Å². The van der Waals surface area contributed by atoms with Crippen LogP contribution in [0.3, 0.4) is 0 Å². The topological polar surface area (TPSA) is 60.0 Å². The number of aromatic nitrogens is 1. The average Bonchev–Trinajstić information content (AvgIpc) is 3.18. The Labute approximate surface area is 173 Å². The number of piperazine rings is 1.